The summed E-state index contributed by atoms with van der Waals surface area (Å²) >= 11 is 5.89. The Bertz CT molecular complexity index is 242. The molecule has 0 aromatic carbocycles. The van der Waals surface area contributed by atoms with Gasteiger partial charge in [-0.05, 0) is 19.4 Å². The van der Waals surface area contributed by atoms with E-state index in [1.165, 1.54) is 0 Å². The summed E-state index contributed by atoms with van der Waals surface area (Å²) in [5, 5.41) is 4.55. The van der Waals surface area contributed by atoms with Crippen LogP contribution in [-0.4, -0.2) is 15.2 Å². The largest absolute Gasteiger partial charge is 0.276 e. The summed E-state index contributed by atoms with van der Waals surface area (Å²) in [4.78, 5) is 0. The van der Waals surface area contributed by atoms with E-state index in [-0.39, 0.29) is 5.38 Å². The fourth-order valence-corrected chi connectivity index (χ4v) is 1.57. The van der Waals surface area contributed by atoms with Crippen LogP contribution in [0.3, 0.4) is 0 Å². The van der Waals surface area contributed by atoms with Crippen molar-refractivity contribution in [2.24, 2.45) is 7.05 Å². The first kappa shape index (κ1) is 9.59. The van der Waals surface area contributed by atoms with Gasteiger partial charge in [0.1, 0.15) is 0 Å². The summed E-state index contributed by atoms with van der Waals surface area (Å²) in [5.41, 5.74) is 1.13. The molecule has 1 aromatic rings. The van der Waals surface area contributed by atoms with E-state index in [0.717, 1.165) is 12.1 Å². The molecule has 1 heterocycles. The highest BCUT2D eigenvalue weighted by atomic mass is 35.5. The predicted octanol–water partition coefficient (Wildman–Crippen LogP) is 2.54. The van der Waals surface area contributed by atoms with Crippen molar-refractivity contribution in [3.8, 4) is 0 Å². The van der Waals surface area contributed by atoms with E-state index in [9.17, 15) is 0 Å². The molecule has 0 aliphatic carbocycles. The fraction of sp³-hybridized carbons (Fsp3) is 0.667. The second-order valence-electron chi connectivity index (χ2n) is 3.33. The maximum atomic E-state index is 5.89. The number of rotatable bonds is 3. The van der Waals surface area contributed by atoms with Crippen molar-refractivity contribution in [3.05, 3.63) is 18.0 Å². The molecule has 1 aromatic heterocycles. The van der Waals surface area contributed by atoms with Crippen LogP contribution in [0.5, 0.6) is 0 Å². The van der Waals surface area contributed by atoms with Crippen LogP contribution in [0.15, 0.2) is 12.3 Å². The lowest BCUT2D eigenvalue weighted by Crippen LogP contribution is -2.02. The maximum absolute atomic E-state index is 5.89. The molecule has 0 spiro atoms. The summed E-state index contributed by atoms with van der Waals surface area (Å²) in [6.45, 7) is 4.17. The quantitative estimate of drug-likeness (QED) is 0.664. The minimum atomic E-state index is 0.224. The summed E-state index contributed by atoms with van der Waals surface area (Å²) in [7, 11) is 1.93. The van der Waals surface area contributed by atoms with Gasteiger partial charge in [-0.15, -0.1) is 11.6 Å². The van der Waals surface area contributed by atoms with Crippen LogP contribution in [0, 0.1) is 0 Å². The Morgan fingerprint density at radius 2 is 2.25 bits per heavy atom. The van der Waals surface area contributed by atoms with E-state index >= 15 is 0 Å². The maximum Gasteiger partial charge on any atom is 0.0653 e. The van der Waals surface area contributed by atoms with Gasteiger partial charge in [0.15, 0.2) is 0 Å². The van der Waals surface area contributed by atoms with Crippen molar-refractivity contribution in [3.63, 3.8) is 0 Å². The standard InChI is InChI=1S/C9H15ClN2/c1-7(6-8(2)10)9-4-5-12(3)11-9/h4-5,7-8H,6H2,1-3H3. The molecule has 2 atom stereocenters. The lowest BCUT2D eigenvalue weighted by Gasteiger charge is -2.09. The van der Waals surface area contributed by atoms with Crippen LogP contribution in [0.1, 0.15) is 31.9 Å². The topological polar surface area (TPSA) is 17.8 Å². The molecule has 0 aliphatic heterocycles. The Hall–Kier alpha value is -0.500. The first-order chi connectivity index (χ1) is 5.59. The second-order valence-corrected chi connectivity index (χ2v) is 4.08. The molecular formula is C9H15ClN2. The summed E-state index contributed by atoms with van der Waals surface area (Å²) < 4.78 is 1.82. The van der Waals surface area contributed by atoms with Crippen LogP contribution in [0.2, 0.25) is 0 Å². The first-order valence-electron chi connectivity index (χ1n) is 4.23. The number of halogens is 1. The molecule has 2 nitrogen and oxygen atoms in total. The molecule has 12 heavy (non-hydrogen) atoms. The monoisotopic (exact) mass is 186 g/mol. The van der Waals surface area contributed by atoms with Crippen molar-refractivity contribution >= 4 is 11.6 Å². The normalized spacial score (nSPS) is 16.0. The van der Waals surface area contributed by atoms with Gasteiger partial charge in [-0.1, -0.05) is 6.92 Å². The molecular weight excluding hydrogens is 172 g/mol. The van der Waals surface area contributed by atoms with Gasteiger partial charge in [0, 0.05) is 24.5 Å². The van der Waals surface area contributed by atoms with Gasteiger partial charge in [-0.3, -0.25) is 4.68 Å². The molecule has 0 bridgehead atoms. The molecule has 0 fully saturated rings. The van der Waals surface area contributed by atoms with Gasteiger partial charge in [-0.2, -0.15) is 5.10 Å². The molecule has 0 N–H and O–H groups in total. The molecule has 0 saturated heterocycles. The molecule has 0 aliphatic rings. The lowest BCUT2D eigenvalue weighted by atomic mass is 10.0. The molecule has 1 rings (SSSR count). The van der Waals surface area contributed by atoms with Crippen molar-refractivity contribution in [2.45, 2.75) is 31.6 Å². The third kappa shape index (κ3) is 2.52. The third-order valence-electron chi connectivity index (χ3n) is 1.92. The van der Waals surface area contributed by atoms with Crippen LogP contribution in [0.25, 0.3) is 0 Å². The van der Waals surface area contributed by atoms with E-state index in [4.69, 9.17) is 11.6 Å². The molecule has 0 saturated carbocycles. The summed E-state index contributed by atoms with van der Waals surface area (Å²) in [6.07, 6.45) is 2.95. The predicted molar refractivity (Wildman–Crippen MR) is 51.6 cm³/mol. The van der Waals surface area contributed by atoms with Crippen LogP contribution in [0.4, 0.5) is 0 Å². The van der Waals surface area contributed by atoms with E-state index in [1.54, 1.807) is 0 Å². The van der Waals surface area contributed by atoms with Crippen molar-refractivity contribution in [1.29, 1.82) is 0 Å². The van der Waals surface area contributed by atoms with E-state index in [2.05, 4.69) is 12.0 Å². The molecule has 0 amide bonds. The van der Waals surface area contributed by atoms with Crippen LogP contribution < -0.4 is 0 Å². The Balaban J connectivity index is 2.58. The number of aryl methyl sites for hydroxylation is 1. The number of hydrogen-bond acceptors (Lipinski definition) is 1. The molecule has 0 radical (unpaired) electrons. The van der Waals surface area contributed by atoms with Crippen LogP contribution in [-0.2, 0) is 7.05 Å². The highest BCUT2D eigenvalue weighted by Crippen LogP contribution is 2.20. The van der Waals surface area contributed by atoms with Gasteiger partial charge >= 0.3 is 0 Å². The lowest BCUT2D eigenvalue weighted by molar-refractivity contribution is 0.630. The number of hydrogen-bond donors (Lipinski definition) is 0. The SMILES string of the molecule is CC(Cl)CC(C)c1ccn(C)n1. The fourth-order valence-electron chi connectivity index (χ4n) is 1.30. The van der Waals surface area contributed by atoms with Gasteiger partial charge in [0.2, 0.25) is 0 Å². The zero-order chi connectivity index (χ0) is 9.14. The second kappa shape index (κ2) is 3.94. The Morgan fingerprint density at radius 1 is 1.58 bits per heavy atom. The highest BCUT2D eigenvalue weighted by Gasteiger charge is 2.10. The number of alkyl halides is 1. The molecule has 68 valence electrons. The zero-order valence-corrected chi connectivity index (χ0v) is 8.54. The van der Waals surface area contributed by atoms with E-state index in [0.29, 0.717) is 5.92 Å². The third-order valence-corrected chi connectivity index (χ3v) is 2.10. The van der Waals surface area contributed by atoms with Crippen LogP contribution >= 0.6 is 11.6 Å². The Labute approximate surface area is 78.5 Å². The van der Waals surface area contributed by atoms with Crippen molar-refractivity contribution in [2.75, 3.05) is 0 Å². The zero-order valence-electron chi connectivity index (χ0n) is 7.79. The minimum Gasteiger partial charge on any atom is -0.276 e. The highest BCUT2D eigenvalue weighted by molar-refractivity contribution is 6.20. The number of nitrogens with zero attached hydrogens (tertiary/aromatic N) is 2. The van der Waals surface area contributed by atoms with Gasteiger partial charge < -0.3 is 0 Å². The Kier molecular flexibility index (Phi) is 3.15. The van der Waals surface area contributed by atoms with E-state index in [1.807, 2.05) is 30.9 Å². The average molecular weight is 187 g/mol. The summed E-state index contributed by atoms with van der Waals surface area (Å²) in [5.74, 6) is 0.457. The van der Waals surface area contributed by atoms with Gasteiger partial charge in [0.25, 0.3) is 0 Å². The van der Waals surface area contributed by atoms with Gasteiger partial charge in [0.05, 0.1) is 5.69 Å². The van der Waals surface area contributed by atoms with Gasteiger partial charge in [-0.25, -0.2) is 0 Å². The van der Waals surface area contributed by atoms with Crippen molar-refractivity contribution < 1.29 is 0 Å². The van der Waals surface area contributed by atoms with Crippen molar-refractivity contribution in [1.82, 2.24) is 9.78 Å². The first-order valence-corrected chi connectivity index (χ1v) is 4.67. The number of aromatic nitrogens is 2. The van der Waals surface area contributed by atoms with E-state index < -0.39 is 0 Å². The molecule has 3 heteroatoms. The molecule has 2 unspecified atom stereocenters. The Morgan fingerprint density at radius 3 is 2.67 bits per heavy atom. The smallest absolute Gasteiger partial charge is 0.0653 e. The minimum absolute atomic E-state index is 0.224. The average Bonchev–Trinajstić information content (AvgIpc) is 2.34. The summed E-state index contributed by atoms with van der Waals surface area (Å²) in [6, 6.07) is 2.05.